The molecule has 1 aromatic rings. The van der Waals surface area contributed by atoms with Gasteiger partial charge < -0.3 is 9.47 Å². The summed E-state index contributed by atoms with van der Waals surface area (Å²) in [5.41, 5.74) is 1.90. The highest BCUT2D eigenvalue weighted by Gasteiger charge is 2.17. The van der Waals surface area contributed by atoms with Gasteiger partial charge in [-0.2, -0.15) is 0 Å². The molecule has 0 fully saturated rings. The smallest absolute Gasteiger partial charge is 0.315 e. The zero-order valence-corrected chi connectivity index (χ0v) is 15.3. The van der Waals surface area contributed by atoms with Crippen LogP contribution in [-0.2, 0) is 20.5 Å². The number of esters is 1. The zero-order chi connectivity index (χ0) is 16.7. The van der Waals surface area contributed by atoms with Crippen LogP contribution in [-0.4, -0.2) is 53.8 Å². The van der Waals surface area contributed by atoms with Crippen LogP contribution in [0.3, 0.4) is 0 Å². The van der Waals surface area contributed by atoms with Crippen LogP contribution in [0.5, 0.6) is 5.75 Å². The molecule has 1 rings (SSSR count). The summed E-state index contributed by atoms with van der Waals surface area (Å²) in [5.74, 6) is 1.56. The molecule has 0 radical (unpaired) electrons. The van der Waals surface area contributed by atoms with Crippen molar-refractivity contribution in [3.8, 4) is 5.75 Å². The Morgan fingerprint density at radius 2 is 1.86 bits per heavy atom. The number of thioether (sulfide) groups is 1. The van der Waals surface area contributed by atoms with Gasteiger partial charge in [-0.05, 0) is 37.1 Å². The second-order valence-electron chi connectivity index (χ2n) is 4.82. The van der Waals surface area contributed by atoms with E-state index in [1.54, 1.807) is 11.4 Å². The third-order valence-corrected chi connectivity index (χ3v) is 5.78. The quantitative estimate of drug-likeness (QED) is 0.534. The number of aryl methyl sites for hydroxylation is 2. The molecule has 5 nitrogen and oxygen atoms in total. The molecule has 0 aliphatic heterocycles. The molecule has 0 saturated carbocycles. The van der Waals surface area contributed by atoms with Crippen molar-refractivity contribution < 1.29 is 18.5 Å². The number of hydrogen-bond donors (Lipinski definition) is 0. The van der Waals surface area contributed by atoms with E-state index < -0.39 is 11.0 Å². The molecule has 0 saturated heterocycles. The van der Waals surface area contributed by atoms with Crippen molar-refractivity contribution in [1.29, 1.82) is 0 Å². The predicted octanol–water partition coefficient (Wildman–Crippen LogP) is 2.17. The first-order valence-electron chi connectivity index (χ1n) is 6.83. The van der Waals surface area contributed by atoms with Crippen molar-refractivity contribution in [2.45, 2.75) is 18.7 Å². The van der Waals surface area contributed by atoms with E-state index in [0.29, 0.717) is 18.1 Å². The molecule has 22 heavy (non-hydrogen) atoms. The summed E-state index contributed by atoms with van der Waals surface area (Å²) >= 11 is 1.47. The molecule has 124 valence electrons. The molecule has 0 aliphatic rings. The number of carbonyl (C=O) groups excluding carboxylic acids is 1. The van der Waals surface area contributed by atoms with Crippen LogP contribution in [0.1, 0.15) is 11.1 Å². The highest BCUT2D eigenvalue weighted by Crippen LogP contribution is 2.25. The lowest BCUT2D eigenvalue weighted by atomic mass is 10.1. The lowest BCUT2D eigenvalue weighted by molar-refractivity contribution is -0.137. The molecule has 0 amide bonds. The fourth-order valence-corrected chi connectivity index (χ4v) is 4.14. The summed E-state index contributed by atoms with van der Waals surface area (Å²) in [5, 5.41) is 0. The summed E-state index contributed by atoms with van der Waals surface area (Å²) in [7, 11) is 3.58. The molecule has 0 aliphatic carbocycles. The third-order valence-electron chi connectivity index (χ3n) is 3.13. The SMILES string of the molecule is COC(=O)CSCCN(C)S(=O)c1c(C)cc(OC)cc1C. The highest BCUT2D eigenvalue weighted by atomic mass is 32.2. The second-order valence-corrected chi connectivity index (χ2v) is 7.45. The number of carbonyl (C=O) groups is 1. The van der Waals surface area contributed by atoms with E-state index in [1.165, 1.54) is 18.9 Å². The van der Waals surface area contributed by atoms with E-state index in [2.05, 4.69) is 4.74 Å². The summed E-state index contributed by atoms with van der Waals surface area (Å²) in [6.45, 7) is 4.49. The molecule has 0 aromatic heterocycles. The van der Waals surface area contributed by atoms with Crippen molar-refractivity contribution in [3.05, 3.63) is 23.3 Å². The Morgan fingerprint density at radius 1 is 1.27 bits per heavy atom. The second kappa shape index (κ2) is 9.17. The fourth-order valence-electron chi connectivity index (χ4n) is 1.95. The Morgan fingerprint density at radius 3 is 2.36 bits per heavy atom. The average molecular weight is 345 g/mol. The summed E-state index contributed by atoms with van der Waals surface area (Å²) in [4.78, 5) is 11.9. The van der Waals surface area contributed by atoms with Gasteiger partial charge in [-0.1, -0.05) is 0 Å². The minimum Gasteiger partial charge on any atom is -0.497 e. The maximum absolute atomic E-state index is 12.7. The Labute approximate surface area is 138 Å². The molecular weight excluding hydrogens is 322 g/mol. The van der Waals surface area contributed by atoms with Gasteiger partial charge in [0.05, 0.1) is 24.9 Å². The lowest BCUT2D eigenvalue weighted by Gasteiger charge is -2.19. The maximum atomic E-state index is 12.7. The Bertz CT molecular complexity index is 525. The maximum Gasteiger partial charge on any atom is 0.315 e. The predicted molar refractivity (Wildman–Crippen MR) is 90.8 cm³/mol. The Balaban J connectivity index is 2.65. The third kappa shape index (κ3) is 5.30. The van der Waals surface area contributed by atoms with Crippen molar-refractivity contribution in [2.24, 2.45) is 0 Å². The van der Waals surface area contributed by atoms with E-state index in [0.717, 1.165) is 21.8 Å². The molecule has 1 atom stereocenters. The molecule has 0 bridgehead atoms. The van der Waals surface area contributed by atoms with Gasteiger partial charge in [-0.15, -0.1) is 11.8 Å². The number of hydrogen-bond acceptors (Lipinski definition) is 5. The monoisotopic (exact) mass is 345 g/mol. The van der Waals surface area contributed by atoms with Crippen molar-refractivity contribution in [2.75, 3.05) is 39.3 Å². The van der Waals surface area contributed by atoms with Gasteiger partial charge in [0.2, 0.25) is 0 Å². The topological polar surface area (TPSA) is 55.8 Å². The van der Waals surface area contributed by atoms with Gasteiger partial charge in [0.25, 0.3) is 0 Å². The largest absolute Gasteiger partial charge is 0.497 e. The van der Waals surface area contributed by atoms with E-state index >= 15 is 0 Å². The Kier molecular flexibility index (Phi) is 7.92. The minimum absolute atomic E-state index is 0.240. The van der Waals surface area contributed by atoms with Crippen LogP contribution in [0.15, 0.2) is 17.0 Å². The van der Waals surface area contributed by atoms with Crippen molar-refractivity contribution in [3.63, 3.8) is 0 Å². The van der Waals surface area contributed by atoms with E-state index in [9.17, 15) is 9.00 Å². The van der Waals surface area contributed by atoms with Gasteiger partial charge in [-0.25, -0.2) is 8.51 Å². The Hall–Kier alpha value is -1.05. The normalized spacial score (nSPS) is 12.3. The average Bonchev–Trinajstić information content (AvgIpc) is 2.49. The van der Waals surface area contributed by atoms with Gasteiger partial charge in [-0.3, -0.25) is 4.79 Å². The summed E-state index contributed by atoms with van der Waals surface area (Å²) in [6, 6.07) is 3.78. The van der Waals surface area contributed by atoms with E-state index in [1.807, 2.05) is 33.0 Å². The van der Waals surface area contributed by atoms with Crippen LogP contribution in [0, 0.1) is 13.8 Å². The number of ether oxygens (including phenoxy) is 2. The number of methoxy groups -OCH3 is 2. The van der Waals surface area contributed by atoms with E-state index in [4.69, 9.17) is 4.74 Å². The lowest BCUT2D eigenvalue weighted by Crippen LogP contribution is -2.25. The minimum atomic E-state index is -1.23. The van der Waals surface area contributed by atoms with Gasteiger partial charge >= 0.3 is 5.97 Å². The summed E-state index contributed by atoms with van der Waals surface area (Å²) in [6.07, 6.45) is 0. The zero-order valence-electron chi connectivity index (χ0n) is 13.7. The standard InChI is InChI=1S/C15H23NO4S2/c1-11-8-13(19-4)9-12(2)15(11)22(18)16(3)6-7-21-10-14(17)20-5/h8-9H,6-7,10H2,1-5H3. The van der Waals surface area contributed by atoms with Crippen LogP contribution < -0.4 is 4.74 Å². The summed E-state index contributed by atoms with van der Waals surface area (Å²) < 4.78 is 24.3. The van der Waals surface area contributed by atoms with E-state index in [-0.39, 0.29) is 5.97 Å². The first-order valence-corrected chi connectivity index (χ1v) is 9.09. The van der Waals surface area contributed by atoms with Gasteiger partial charge in [0.1, 0.15) is 16.7 Å². The first-order chi connectivity index (χ1) is 10.4. The molecule has 7 heteroatoms. The molecular formula is C15H23NO4S2. The number of benzene rings is 1. The van der Waals surface area contributed by atoms with Crippen molar-refractivity contribution >= 4 is 28.7 Å². The molecule has 1 aromatic carbocycles. The first kappa shape index (κ1) is 19.0. The number of nitrogens with zero attached hydrogens (tertiary/aromatic N) is 1. The van der Waals surface area contributed by atoms with Crippen LogP contribution >= 0.6 is 11.8 Å². The fraction of sp³-hybridized carbons (Fsp3) is 0.533. The number of rotatable bonds is 8. The van der Waals surface area contributed by atoms with Gasteiger partial charge in [0.15, 0.2) is 0 Å². The van der Waals surface area contributed by atoms with Gasteiger partial charge in [0, 0.05) is 19.3 Å². The molecule has 1 unspecified atom stereocenters. The highest BCUT2D eigenvalue weighted by molar-refractivity contribution is 7.99. The molecule has 0 heterocycles. The van der Waals surface area contributed by atoms with Crippen LogP contribution in [0.4, 0.5) is 0 Å². The molecule has 0 N–H and O–H groups in total. The van der Waals surface area contributed by atoms with Crippen LogP contribution in [0.2, 0.25) is 0 Å². The van der Waals surface area contributed by atoms with Crippen LogP contribution in [0.25, 0.3) is 0 Å². The van der Waals surface area contributed by atoms with Crippen molar-refractivity contribution in [1.82, 2.24) is 4.31 Å². The molecule has 0 spiro atoms.